The highest BCUT2D eigenvalue weighted by atomic mass is 19.4. The molecule has 19 heavy (non-hydrogen) atoms. The second-order valence-corrected chi connectivity index (χ2v) is 4.12. The molecule has 1 atom stereocenters. The molecule has 0 heterocycles. The minimum absolute atomic E-state index is 0.0380. The number of hydrogen-bond donors (Lipinski definition) is 1. The fourth-order valence-electron chi connectivity index (χ4n) is 1.65. The third-order valence-electron chi connectivity index (χ3n) is 2.62. The molecular formula is C12H13F6N. The molecule has 0 bridgehead atoms. The van der Waals surface area contributed by atoms with Gasteiger partial charge in [0.2, 0.25) is 0 Å². The molecule has 0 saturated heterocycles. The van der Waals surface area contributed by atoms with Gasteiger partial charge in [-0.05, 0) is 37.2 Å². The van der Waals surface area contributed by atoms with Crippen molar-refractivity contribution in [1.82, 2.24) is 5.32 Å². The molecule has 0 radical (unpaired) electrons. The van der Waals surface area contributed by atoms with Gasteiger partial charge in [-0.15, -0.1) is 0 Å². The second-order valence-electron chi connectivity index (χ2n) is 4.12. The standard InChI is InChI=1S/C12H13F6N/c1-3-19-7(2)8-4-9(11(13,14)15)6-10(5-8)12(16,17)18/h4-7,19H,3H2,1-2H3. The van der Waals surface area contributed by atoms with Crippen LogP contribution in [0.4, 0.5) is 26.3 Å². The number of alkyl halides is 6. The Morgan fingerprint density at radius 2 is 1.37 bits per heavy atom. The van der Waals surface area contributed by atoms with E-state index in [0.29, 0.717) is 6.54 Å². The molecule has 1 aromatic rings. The Kier molecular flexibility index (Phi) is 4.50. The summed E-state index contributed by atoms with van der Waals surface area (Å²) in [6.45, 7) is 3.67. The lowest BCUT2D eigenvalue weighted by Crippen LogP contribution is -2.20. The Balaban J connectivity index is 3.33. The van der Waals surface area contributed by atoms with E-state index in [9.17, 15) is 26.3 Å². The summed E-state index contributed by atoms with van der Waals surface area (Å²) in [6, 6.07) is 1.02. The number of nitrogens with one attached hydrogen (secondary N) is 1. The van der Waals surface area contributed by atoms with Gasteiger partial charge < -0.3 is 5.32 Å². The van der Waals surface area contributed by atoms with E-state index in [1.165, 1.54) is 6.92 Å². The predicted octanol–water partition coefficient (Wildman–Crippen LogP) is 4.39. The minimum atomic E-state index is -4.80. The lowest BCUT2D eigenvalue weighted by molar-refractivity contribution is -0.143. The molecule has 0 aliphatic heterocycles. The number of benzene rings is 1. The van der Waals surface area contributed by atoms with E-state index in [1.54, 1.807) is 6.92 Å². The van der Waals surface area contributed by atoms with E-state index in [-0.39, 0.29) is 11.6 Å². The molecule has 7 heteroatoms. The molecule has 0 aromatic heterocycles. The van der Waals surface area contributed by atoms with Crippen molar-refractivity contribution in [3.8, 4) is 0 Å². The van der Waals surface area contributed by atoms with Gasteiger partial charge in [0.15, 0.2) is 0 Å². The van der Waals surface area contributed by atoms with Crippen molar-refractivity contribution in [2.24, 2.45) is 0 Å². The maximum absolute atomic E-state index is 12.6. The molecule has 1 unspecified atom stereocenters. The fraction of sp³-hybridized carbons (Fsp3) is 0.500. The van der Waals surface area contributed by atoms with Gasteiger partial charge in [0.05, 0.1) is 11.1 Å². The first-order valence-corrected chi connectivity index (χ1v) is 5.58. The Hall–Kier alpha value is -1.24. The zero-order valence-corrected chi connectivity index (χ0v) is 10.3. The summed E-state index contributed by atoms with van der Waals surface area (Å²) in [5, 5.41) is 2.78. The zero-order chi connectivity index (χ0) is 14.8. The monoisotopic (exact) mass is 285 g/mol. The normalized spacial score (nSPS) is 14.5. The first-order valence-electron chi connectivity index (χ1n) is 5.58. The lowest BCUT2D eigenvalue weighted by atomic mass is 10.0. The van der Waals surface area contributed by atoms with Gasteiger partial charge in [-0.3, -0.25) is 0 Å². The number of halogens is 6. The first-order chi connectivity index (χ1) is 8.55. The SMILES string of the molecule is CCNC(C)c1cc(C(F)(F)F)cc(C(F)(F)F)c1. The Morgan fingerprint density at radius 1 is 0.947 bits per heavy atom. The van der Waals surface area contributed by atoms with Gasteiger partial charge in [-0.2, -0.15) is 26.3 Å². The maximum Gasteiger partial charge on any atom is 0.416 e. The van der Waals surface area contributed by atoms with Crippen molar-refractivity contribution in [1.29, 1.82) is 0 Å². The van der Waals surface area contributed by atoms with Crippen molar-refractivity contribution in [3.05, 3.63) is 34.9 Å². The summed E-state index contributed by atoms with van der Waals surface area (Å²) < 4.78 is 75.6. The van der Waals surface area contributed by atoms with Crippen molar-refractivity contribution < 1.29 is 26.3 Å². The second kappa shape index (κ2) is 5.40. The smallest absolute Gasteiger partial charge is 0.310 e. The quantitative estimate of drug-likeness (QED) is 0.812. The molecular weight excluding hydrogens is 272 g/mol. The van der Waals surface area contributed by atoms with Crippen LogP contribution in [0.25, 0.3) is 0 Å². The van der Waals surface area contributed by atoms with Crippen molar-refractivity contribution in [3.63, 3.8) is 0 Å². The highest BCUT2D eigenvalue weighted by Crippen LogP contribution is 2.37. The van der Waals surface area contributed by atoms with E-state index in [2.05, 4.69) is 5.32 Å². The average molecular weight is 285 g/mol. The molecule has 0 amide bonds. The molecule has 1 rings (SSSR count). The van der Waals surface area contributed by atoms with Crippen LogP contribution in [0.1, 0.15) is 36.6 Å². The van der Waals surface area contributed by atoms with Gasteiger partial charge in [0.1, 0.15) is 0 Å². The molecule has 1 aromatic carbocycles. The molecule has 108 valence electrons. The van der Waals surface area contributed by atoms with Crippen LogP contribution in [-0.2, 0) is 12.4 Å². The lowest BCUT2D eigenvalue weighted by Gasteiger charge is -2.18. The topological polar surface area (TPSA) is 12.0 Å². The molecule has 0 saturated carbocycles. The van der Waals surface area contributed by atoms with Crippen LogP contribution >= 0.6 is 0 Å². The highest BCUT2D eigenvalue weighted by molar-refractivity contribution is 5.35. The molecule has 0 aliphatic carbocycles. The van der Waals surface area contributed by atoms with Crippen molar-refractivity contribution in [2.45, 2.75) is 32.2 Å². The van der Waals surface area contributed by atoms with E-state index >= 15 is 0 Å². The van der Waals surface area contributed by atoms with E-state index in [0.717, 1.165) is 12.1 Å². The third-order valence-corrected chi connectivity index (χ3v) is 2.62. The summed E-state index contributed by atoms with van der Waals surface area (Å²) in [5.41, 5.74) is -2.62. The Bertz CT molecular complexity index is 403. The predicted molar refractivity (Wildman–Crippen MR) is 58.5 cm³/mol. The first kappa shape index (κ1) is 15.8. The molecule has 0 aliphatic rings. The third kappa shape index (κ3) is 4.12. The van der Waals surface area contributed by atoms with Crippen LogP contribution < -0.4 is 5.32 Å². The van der Waals surface area contributed by atoms with Crippen LogP contribution in [0, 0.1) is 0 Å². The summed E-state index contributed by atoms with van der Waals surface area (Å²) in [4.78, 5) is 0. The summed E-state index contributed by atoms with van der Waals surface area (Å²) in [7, 11) is 0. The largest absolute Gasteiger partial charge is 0.416 e. The molecule has 0 fully saturated rings. The minimum Gasteiger partial charge on any atom is -0.310 e. The van der Waals surface area contributed by atoms with Crippen molar-refractivity contribution in [2.75, 3.05) is 6.54 Å². The highest BCUT2D eigenvalue weighted by Gasteiger charge is 2.37. The van der Waals surface area contributed by atoms with Crippen LogP contribution in [0.15, 0.2) is 18.2 Å². The Morgan fingerprint density at radius 3 is 1.68 bits per heavy atom. The molecule has 1 N–H and O–H groups in total. The van der Waals surface area contributed by atoms with Crippen LogP contribution in [0.2, 0.25) is 0 Å². The van der Waals surface area contributed by atoms with Crippen LogP contribution in [0.3, 0.4) is 0 Å². The van der Waals surface area contributed by atoms with Crippen molar-refractivity contribution >= 4 is 0 Å². The average Bonchev–Trinajstić information content (AvgIpc) is 2.26. The Labute approximate surface area is 106 Å². The maximum atomic E-state index is 12.6. The number of hydrogen-bond acceptors (Lipinski definition) is 1. The molecule has 0 spiro atoms. The van der Waals surface area contributed by atoms with E-state index in [4.69, 9.17) is 0 Å². The molecule has 1 nitrogen and oxygen atoms in total. The summed E-state index contributed by atoms with van der Waals surface area (Å²) in [6.07, 6.45) is -9.61. The van der Waals surface area contributed by atoms with Crippen LogP contribution in [0.5, 0.6) is 0 Å². The summed E-state index contributed by atoms with van der Waals surface area (Å²) in [5.74, 6) is 0. The van der Waals surface area contributed by atoms with Gasteiger partial charge in [-0.25, -0.2) is 0 Å². The van der Waals surface area contributed by atoms with Gasteiger partial charge >= 0.3 is 12.4 Å². The van der Waals surface area contributed by atoms with Gasteiger partial charge in [0, 0.05) is 6.04 Å². The van der Waals surface area contributed by atoms with Gasteiger partial charge in [-0.1, -0.05) is 6.92 Å². The van der Waals surface area contributed by atoms with Crippen LogP contribution in [-0.4, -0.2) is 6.54 Å². The fourth-order valence-corrected chi connectivity index (χ4v) is 1.65. The van der Waals surface area contributed by atoms with E-state index < -0.39 is 29.5 Å². The number of rotatable bonds is 3. The van der Waals surface area contributed by atoms with Gasteiger partial charge in [0.25, 0.3) is 0 Å². The zero-order valence-electron chi connectivity index (χ0n) is 10.3. The van der Waals surface area contributed by atoms with E-state index in [1.807, 2.05) is 0 Å². The summed E-state index contributed by atoms with van der Waals surface area (Å²) >= 11 is 0.